The van der Waals surface area contributed by atoms with Crippen LogP contribution in [0.1, 0.15) is 35.4 Å². The molecule has 3 N–H and O–H groups in total. The predicted molar refractivity (Wildman–Crippen MR) is 72.6 cm³/mol. The van der Waals surface area contributed by atoms with Crippen LogP contribution in [0.15, 0.2) is 12.1 Å². The van der Waals surface area contributed by atoms with Gasteiger partial charge in [-0.1, -0.05) is 0 Å². The fraction of sp³-hybridized carbons (Fsp3) is 0.429. The van der Waals surface area contributed by atoms with Gasteiger partial charge in [0.15, 0.2) is 11.9 Å². The summed E-state index contributed by atoms with van der Waals surface area (Å²) in [4.78, 5) is 22.4. The van der Waals surface area contributed by atoms with E-state index in [2.05, 4.69) is 0 Å². The number of aromatic hydroxyl groups is 2. The van der Waals surface area contributed by atoms with Gasteiger partial charge in [0.1, 0.15) is 11.5 Å². The number of phenolic OH excluding ortho intramolecular Hbond substituents is 2. The van der Waals surface area contributed by atoms with E-state index in [4.69, 9.17) is 14.6 Å². The third-order valence-electron chi connectivity index (χ3n) is 3.17. The number of benzene rings is 1. The van der Waals surface area contributed by atoms with Gasteiger partial charge in [-0.3, -0.25) is 4.79 Å². The minimum Gasteiger partial charge on any atom is -0.507 e. The lowest BCUT2D eigenvalue weighted by molar-refractivity contribution is -0.150. The van der Waals surface area contributed by atoms with Crippen molar-refractivity contribution in [1.29, 1.82) is 0 Å². The number of carboxylic acid groups (broad SMARTS) is 1. The smallest absolute Gasteiger partial charge is 0.332 e. The minimum atomic E-state index is -1.19. The number of rotatable bonds is 7. The summed E-state index contributed by atoms with van der Waals surface area (Å²) in [5.41, 5.74) is -0.0114. The number of ketones is 1. The molecule has 116 valence electrons. The van der Waals surface area contributed by atoms with Crippen LogP contribution >= 0.6 is 0 Å². The molecule has 21 heavy (non-hydrogen) atoms. The highest BCUT2D eigenvalue weighted by Gasteiger charge is 2.28. The monoisotopic (exact) mass is 298 g/mol. The fourth-order valence-corrected chi connectivity index (χ4v) is 2.02. The number of ether oxygens (including phenoxy) is 2. The molecule has 1 aromatic carbocycles. The van der Waals surface area contributed by atoms with Gasteiger partial charge in [0.05, 0.1) is 17.2 Å². The van der Waals surface area contributed by atoms with E-state index in [1.165, 1.54) is 33.3 Å². The van der Waals surface area contributed by atoms with E-state index in [1.54, 1.807) is 0 Å². The minimum absolute atomic E-state index is 0.0224. The van der Waals surface area contributed by atoms with E-state index in [0.29, 0.717) is 0 Å². The van der Waals surface area contributed by atoms with Gasteiger partial charge in [-0.25, -0.2) is 4.79 Å². The van der Waals surface area contributed by atoms with Gasteiger partial charge in [0.25, 0.3) is 0 Å². The number of carbonyl (C=O) groups is 2. The molecule has 0 aliphatic heterocycles. The molecule has 0 aliphatic carbocycles. The average molecular weight is 298 g/mol. The number of Topliss-reactive ketones (excluding diaryl/α,β-unsaturated/α-hetero) is 1. The lowest BCUT2D eigenvalue weighted by Gasteiger charge is -2.22. The van der Waals surface area contributed by atoms with Crippen molar-refractivity contribution in [3.63, 3.8) is 0 Å². The van der Waals surface area contributed by atoms with Crippen molar-refractivity contribution >= 4 is 11.8 Å². The molecular weight excluding hydrogens is 280 g/mol. The standard InChI is InChI=1S/C14H18O7/c1-7(15)8-4-5-9(16)12(13(8)17)10(20-2)6-11(21-3)14(18)19/h4-5,10-11,16-17H,6H2,1-3H3,(H,18,19)/t10-,11-/m0/s1. The Morgan fingerprint density at radius 3 is 2.24 bits per heavy atom. The third kappa shape index (κ3) is 3.71. The Labute approximate surface area is 121 Å². The van der Waals surface area contributed by atoms with Crippen molar-refractivity contribution in [1.82, 2.24) is 0 Å². The summed E-state index contributed by atoms with van der Waals surface area (Å²) in [6, 6.07) is 2.54. The van der Waals surface area contributed by atoms with Gasteiger partial charge >= 0.3 is 5.97 Å². The predicted octanol–water partition coefficient (Wildman–Crippen LogP) is 1.48. The Morgan fingerprint density at radius 2 is 1.81 bits per heavy atom. The largest absolute Gasteiger partial charge is 0.507 e. The second kappa shape index (κ2) is 7.05. The van der Waals surface area contributed by atoms with Gasteiger partial charge in [-0.15, -0.1) is 0 Å². The molecule has 2 atom stereocenters. The van der Waals surface area contributed by atoms with Gasteiger partial charge < -0.3 is 24.8 Å². The van der Waals surface area contributed by atoms with Gasteiger partial charge in [-0.2, -0.15) is 0 Å². The number of phenols is 2. The highest BCUT2D eigenvalue weighted by Crippen LogP contribution is 2.39. The van der Waals surface area contributed by atoms with Crippen molar-refractivity contribution in [2.45, 2.75) is 25.6 Å². The third-order valence-corrected chi connectivity index (χ3v) is 3.17. The first-order chi connectivity index (χ1) is 9.83. The van der Waals surface area contributed by atoms with E-state index in [1.807, 2.05) is 0 Å². The Hall–Kier alpha value is -2.12. The summed E-state index contributed by atoms with van der Waals surface area (Å²) in [5, 5.41) is 29.0. The highest BCUT2D eigenvalue weighted by molar-refractivity contribution is 5.97. The maximum absolute atomic E-state index is 11.4. The molecule has 0 radical (unpaired) electrons. The Morgan fingerprint density at radius 1 is 1.19 bits per heavy atom. The second-order valence-electron chi connectivity index (χ2n) is 4.47. The number of methoxy groups -OCH3 is 2. The van der Waals surface area contributed by atoms with Crippen molar-refractivity contribution in [3.05, 3.63) is 23.3 Å². The zero-order valence-corrected chi connectivity index (χ0v) is 12.0. The summed E-state index contributed by atoms with van der Waals surface area (Å²) in [7, 11) is 2.54. The molecule has 1 aromatic rings. The number of aliphatic carboxylic acids is 1. The lowest BCUT2D eigenvalue weighted by Crippen LogP contribution is -2.25. The summed E-state index contributed by atoms with van der Waals surface area (Å²) in [6.45, 7) is 1.27. The molecule has 0 fully saturated rings. The van der Waals surface area contributed by atoms with Crippen LogP contribution in [0.25, 0.3) is 0 Å². The number of hydrogen-bond acceptors (Lipinski definition) is 6. The van der Waals surface area contributed by atoms with Crippen molar-refractivity contribution in [2.24, 2.45) is 0 Å². The van der Waals surface area contributed by atoms with E-state index >= 15 is 0 Å². The van der Waals surface area contributed by atoms with E-state index in [9.17, 15) is 19.8 Å². The molecule has 0 amide bonds. The quantitative estimate of drug-likeness (QED) is 0.653. The molecule has 0 saturated heterocycles. The molecular formula is C14H18O7. The topological polar surface area (TPSA) is 113 Å². The normalized spacial score (nSPS) is 13.7. The maximum Gasteiger partial charge on any atom is 0.332 e. The molecule has 0 saturated carbocycles. The van der Waals surface area contributed by atoms with Crippen LogP contribution in [-0.2, 0) is 14.3 Å². The van der Waals surface area contributed by atoms with Crippen molar-refractivity contribution in [3.8, 4) is 11.5 Å². The highest BCUT2D eigenvalue weighted by atomic mass is 16.5. The van der Waals surface area contributed by atoms with Gasteiger partial charge in [0.2, 0.25) is 0 Å². The molecule has 7 heteroatoms. The van der Waals surface area contributed by atoms with Crippen LogP contribution in [0.5, 0.6) is 11.5 Å². The molecule has 0 heterocycles. The SMILES string of the molecule is CO[C@@H](C[C@H](OC)c1c(O)ccc(C(C)=O)c1O)C(=O)O. The summed E-state index contributed by atoms with van der Waals surface area (Å²) >= 11 is 0. The summed E-state index contributed by atoms with van der Waals surface area (Å²) < 4.78 is 9.95. The molecule has 0 spiro atoms. The summed E-state index contributed by atoms with van der Waals surface area (Å²) in [6.07, 6.45) is -2.25. The molecule has 0 aliphatic rings. The zero-order valence-electron chi connectivity index (χ0n) is 12.0. The maximum atomic E-state index is 11.4. The average Bonchev–Trinajstić information content (AvgIpc) is 2.41. The number of hydrogen-bond donors (Lipinski definition) is 3. The van der Waals surface area contributed by atoms with Crippen LogP contribution in [0.4, 0.5) is 0 Å². The van der Waals surface area contributed by atoms with Gasteiger partial charge in [0, 0.05) is 20.6 Å². The van der Waals surface area contributed by atoms with Crippen LogP contribution in [-0.4, -0.2) is 47.4 Å². The van der Waals surface area contributed by atoms with Crippen molar-refractivity contribution in [2.75, 3.05) is 14.2 Å². The Bertz CT molecular complexity index is 538. The number of carbonyl (C=O) groups excluding carboxylic acids is 1. The van der Waals surface area contributed by atoms with E-state index in [-0.39, 0.29) is 29.1 Å². The van der Waals surface area contributed by atoms with E-state index < -0.39 is 23.9 Å². The first kappa shape index (κ1) is 16.9. The van der Waals surface area contributed by atoms with Crippen LogP contribution < -0.4 is 0 Å². The second-order valence-corrected chi connectivity index (χ2v) is 4.47. The molecule has 0 bridgehead atoms. The summed E-state index contributed by atoms with van der Waals surface area (Å²) in [5.74, 6) is -2.29. The fourth-order valence-electron chi connectivity index (χ4n) is 2.02. The van der Waals surface area contributed by atoms with Crippen LogP contribution in [0.2, 0.25) is 0 Å². The van der Waals surface area contributed by atoms with Crippen LogP contribution in [0.3, 0.4) is 0 Å². The molecule has 0 aromatic heterocycles. The lowest BCUT2D eigenvalue weighted by atomic mass is 9.97. The Balaban J connectivity index is 3.25. The molecule has 7 nitrogen and oxygen atoms in total. The first-order valence-corrected chi connectivity index (χ1v) is 6.17. The zero-order chi connectivity index (χ0) is 16.2. The molecule has 1 rings (SSSR count). The van der Waals surface area contributed by atoms with E-state index in [0.717, 1.165) is 0 Å². The van der Waals surface area contributed by atoms with Gasteiger partial charge in [-0.05, 0) is 19.1 Å². The van der Waals surface area contributed by atoms with Crippen molar-refractivity contribution < 1.29 is 34.4 Å². The van der Waals surface area contributed by atoms with Crippen LogP contribution in [0, 0.1) is 0 Å². The number of carboxylic acids is 1. The Kier molecular flexibility index (Phi) is 5.69. The molecule has 0 unspecified atom stereocenters. The first-order valence-electron chi connectivity index (χ1n) is 6.17.